The van der Waals surface area contributed by atoms with Crippen LogP contribution in [-0.2, 0) is 6.54 Å². The van der Waals surface area contributed by atoms with Crippen LogP contribution in [0.5, 0.6) is 0 Å². The second-order valence-corrected chi connectivity index (χ2v) is 5.15. The fraction of sp³-hybridized carbons (Fsp3) is 0.333. The van der Waals surface area contributed by atoms with E-state index in [0.717, 1.165) is 38.5 Å². The first-order chi connectivity index (χ1) is 10.3. The number of nitrogen functional groups attached to an aromatic ring is 1. The zero-order valence-electron chi connectivity index (χ0n) is 11.9. The number of hydrogen-bond donors (Lipinski definition) is 2. The Labute approximate surface area is 124 Å². The van der Waals surface area contributed by atoms with Crippen molar-refractivity contribution in [2.75, 3.05) is 36.5 Å². The summed E-state index contributed by atoms with van der Waals surface area (Å²) in [7, 11) is 0. The lowest BCUT2D eigenvalue weighted by Crippen LogP contribution is -2.46. The molecule has 0 aromatic carbocycles. The van der Waals surface area contributed by atoms with E-state index in [0.29, 0.717) is 5.82 Å². The molecule has 2 aromatic heterocycles. The van der Waals surface area contributed by atoms with Gasteiger partial charge in [-0.1, -0.05) is 12.1 Å². The molecule has 3 heterocycles. The number of hydrogen-bond acceptors (Lipinski definition) is 6. The number of aromatic nitrogens is 2. The Kier molecular flexibility index (Phi) is 4.28. The van der Waals surface area contributed by atoms with Crippen molar-refractivity contribution < 1.29 is 0 Å². The number of rotatable bonds is 4. The second kappa shape index (κ2) is 6.51. The first-order valence-electron chi connectivity index (χ1n) is 7.15. The predicted molar refractivity (Wildman–Crippen MR) is 83.8 cm³/mol. The molecule has 0 radical (unpaired) electrons. The first kappa shape index (κ1) is 13.8. The Bertz CT molecular complexity index is 548. The van der Waals surface area contributed by atoms with Crippen LogP contribution in [0, 0.1) is 0 Å². The molecule has 2 aromatic rings. The number of hydrazine groups is 1. The van der Waals surface area contributed by atoms with E-state index in [-0.39, 0.29) is 0 Å². The van der Waals surface area contributed by atoms with E-state index in [1.165, 1.54) is 5.56 Å². The van der Waals surface area contributed by atoms with Crippen LogP contribution in [0.25, 0.3) is 0 Å². The fourth-order valence-electron chi connectivity index (χ4n) is 2.54. The van der Waals surface area contributed by atoms with Gasteiger partial charge in [-0.15, -0.1) is 0 Å². The number of nitrogens with one attached hydrogen (secondary N) is 1. The number of pyridine rings is 2. The van der Waals surface area contributed by atoms with Crippen LogP contribution < -0.4 is 16.2 Å². The zero-order valence-corrected chi connectivity index (χ0v) is 11.9. The molecule has 1 aliphatic rings. The lowest BCUT2D eigenvalue weighted by atomic mass is 10.2. The van der Waals surface area contributed by atoms with Gasteiger partial charge in [0.2, 0.25) is 0 Å². The minimum absolute atomic E-state index is 0.693. The molecule has 6 heteroatoms. The summed E-state index contributed by atoms with van der Waals surface area (Å²) in [6.45, 7) is 5.01. The average Bonchev–Trinajstić information content (AvgIpc) is 2.57. The van der Waals surface area contributed by atoms with Gasteiger partial charge in [0.15, 0.2) is 0 Å². The molecule has 0 spiro atoms. The molecule has 3 N–H and O–H groups in total. The van der Waals surface area contributed by atoms with Gasteiger partial charge >= 0.3 is 0 Å². The lowest BCUT2D eigenvalue weighted by molar-refractivity contribution is 0.249. The molecule has 6 nitrogen and oxygen atoms in total. The Hall–Kier alpha value is -2.18. The summed E-state index contributed by atoms with van der Waals surface area (Å²) < 4.78 is 0. The molecule has 110 valence electrons. The van der Waals surface area contributed by atoms with Crippen LogP contribution in [0.2, 0.25) is 0 Å². The topological polar surface area (TPSA) is 70.3 Å². The third-order valence-corrected chi connectivity index (χ3v) is 3.72. The molecule has 3 rings (SSSR count). The van der Waals surface area contributed by atoms with Crippen molar-refractivity contribution >= 4 is 11.6 Å². The summed E-state index contributed by atoms with van der Waals surface area (Å²) in [5.74, 6) is 7.08. The van der Waals surface area contributed by atoms with E-state index in [2.05, 4.69) is 37.3 Å². The monoisotopic (exact) mass is 284 g/mol. The zero-order chi connectivity index (χ0) is 14.5. The summed E-state index contributed by atoms with van der Waals surface area (Å²) in [6.07, 6.45) is 3.72. The summed E-state index contributed by atoms with van der Waals surface area (Å²) in [6, 6.07) is 10.0. The Morgan fingerprint density at radius 2 is 1.90 bits per heavy atom. The third-order valence-electron chi connectivity index (χ3n) is 3.72. The van der Waals surface area contributed by atoms with Crippen LogP contribution in [0.3, 0.4) is 0 Å². The summed E-state index contributed by atoms with van der Waals surface area (Å²) >= 11 is 0. The number of piperazine rings is 1. The van der Waals surface area contributed by atoms with Crippen molar-refractivity contribution in [1.82, 2.24) is 14.9 Å². The SMILES string of the molecule is NNc1ccc(CN2CCN(c3ccccn3)CC2)cn1. The van der Waals surface area contributed by atoms with Gasteiger partial charge in [0.05, 0.1) is 0 Å². The largest absolute Gasteiger partial charge is 0.354 e. The van der Waals surface area contributed by atoms with Crippen LogP contribution in [0.1, 0.15) is 5.56 Å². The summed E-state index contributed by atoms with van der Waals surface area (Å²) in [5.41, 5.74) is 3.75. The normalized spacial score (nSPS) is 16.0. The molecule has 0 saturated carbocycles. The average molecular weight is 284 g/mol. The van der Waals surface area contributed by atoms with Crippen molar-refractivity contribution in [3.8, 4) is 0 Å². The maximum absolute atomic E-state index is 5.32. The Balaban J connectivity index is 1.53. The smallest absolute Gasteiger partial charge is 0.139 e. The van der Waals surface area contributed by atoms with E-state index < -0.39 is 0 Å². The van der Waals surface area contributed by atoms with Crippen molar-refractivity contribution in [3.63, 3.8) is 0 Å². The minimum Gasteiger partial charge on any atom is -0.354 e. The van der Waals surface area contributed by atoms with Crippen molar-refractivity contribution in [1.29, 1.82) is 0 Å². The van der Waals surface area contributed by atoms with Gasteiger partial charge < -0.3 is 10.3 Å². The number of anilines is 2. The van der Waals surface area contributed by atoms with Crippen LogP contribution >= 0.6 is 0 Å². The fourth-order valence-corrected chi connectivity index (χ4v) is 2.54. The Morgan fingerprint density at radius 3 is 2.52 bits per heavy atom. The van der Waals surface area contributed by atoms with Crippen molar-refractivity contribution in [2.24, 2.45) is 5.84 Å². The highest BCUT2D eigenvalue weighted by atomic mass is 15.3. The second-order valence-electron chi connectivity index (χ2n) is 5.15. The molecule has 0 amide bonds. The van der Waals surface area contributed by atoms with Gasteiger partial charge in [0.25, 0.3) is 0 Å². The highest BCUT2D eigenvalue weighted by molar-refractivity contribution is 5.38. The summed E-state index contributed by atoms with van der Waals surface area (Å²) in [5, 5.41) is 0. The van der Waals surface area contributed by atoms with Gasteiger partial charge in [-0.2, -0.15) is 0 Å². The van der Waals surface area contributed by atoms with Gasteiger partial charge in [0.1, 0.15) is 11.6 Å². The van der Waals surface area contributed by atoms with E-state index in [1.54, 1.807) is 0 Å². The van der Waals surface area contributed by atoms with Crippen LogP contribution in [0.4, 0.5) is 11.6 Å². The maximum Gasteiger partial charge on any atom is 0.139 e. The maximum atomic E-state index is 5.32. The minimum atomic E-state index is 0.693. The molecule has 1 aliphatic heterocycles. The lowest BCUT2D eigenvalue weighted by Gasteiger charge is -2.35. The number of nitrogens with zero attached hydrogens (tertiary/aromatic N) is 4. The first-order valence-corrected chi connectivity index (χ1v) is 7.15. The van der Waals surface area contributed by atoms with Crippen molar-refractivity contribution in [3.05, 3.63) is 48.3 Å². The van der Waals surface area contributed by atoms with E-state index in [9.17, 15) is 0 Å². The van der Waals surface area contributed by atoms with Crippen LogP contribution in [-0.4, -0.2) is 41.0 Å². The van der Waals surface area contributed by atoms with Crippen molar-refractivity contribution in [2.45, 2.75) is 6.54 Å². The molecule has 1 saturated heterocycles. The molecule has 0 unspecified atom stereocenters. The molecule has 0 bridgehead atoms. The van der Waals surface area contributed by atoms with E-state index in [1.807, 2.05) is 30.6 Å². The van der Waals surface area contributed by atoms with Gasteiger partial charge in [-0.05, 0) is 23.8 Å². The van der Waals surface area contributed by atoms with E-state index >= 15 is 0 Å². The van der Waals surface area contributed by atoms with E-state index in [4.69, 9.17) is 5.84 Å². The molecule has 0 atom stereocenters. The predicted octanol–water partition coefficient (Wildman–Crippen LogP) is 1.08. The molecular formula is C15H20N6. The third kappa shape index (κ3) is 3.48. The molecule has 1 fully saturated rings. The van der Waals surface area contributed by atoms with Gasteiger partial charge in [-0.25, -0.2) is 15.8 Å². The molecular weight excluding hydrogens is 264 g/mol. The Morgan fingerprint density at radius 1 is 1.05 bits per heavy atom. The quantitative estimate of drug-likeness (QED) is 0.647. The number of nitrogens with two attached hydrogens (primary N) is 1. The molecule has 0 aliphatic carbocycles. The van der Waals surface area contributed by atoms with Gasteiger partial charge in [-0.3, -0.25) is 4.90 Å². The highest BCUT2D eigenvalue weighted by Gasteiger charge is 2.17. The highest BCUT2D eigenvalue weighted by Crippen LogP contribution is 2.14. The van der Waals surface area contributed by atoms with Gasteiger partial charge in [0, 0.05) is 45.1 Å². The molecule has 21 heavy (non-hydrogen) atoms. The standard InChI is InChI=1S/C15H20N6/c16-19-14-5-4-13(11-18-14)12-20-7-9-21(10-8-20)15-3-1-2-6-17-15/h1-6,11H,7-10,12,16H2,(H,18,19). The van der Waals surface area contributed by atoms with Crippen LogP contribution in [0.15, 0.2) is 42.7 Å². The summed E-state index contributed by atoms with van der Waals surface area (Å²) in [4.78, 5) is 13.4.